The highest BCUT2D eigenvalue weighted by atomic mass is 16.6. The van der Waals surface area contributed by atoms with Crippen LogP contribution in [0.1, 0.15) is 66.2 Å². The van der Waals surface area contributed by atoms with Gasteiger partial charge in [-0.1, -0.05) is 6.92 Å². The van der Waals surface area contributed by atoms with E-state index in [9.17, 15) is 9.59 Å². The molecule has 2 fully saturated rings. The number of cyclic esters (lactones) is 1. The molecule has 2 rings (SSSR count). The van der Waals surface area contributed by atoms with E-state index in [1.165, 1.54) is 0 Å². The van der Waals surface area contributed by atoms with Gasteiger partial charge in [-0.3, -0.25) is 4.79 Å². The van der Waals surface area contributed by atoms with Gasteiger partial charge >= 0.3 is 11.9 Å². The molecule has 2 atom stereocenters. The summed E-state index contributed by atoms with van der Waals surface area (Å²) in [6.45, 7) is 7.64. The average Bonchev–Trinajstić information content (AvgIpc) is 3.20. The summed E-state index contributed by atoms with van der Waals surface area (Å²) in [5, 5.41) is 0. The Morgan fingerprint density at radius 2 is 2.05 bits per heavy atom. The summed E-state index contributed by atoms with van der Waals surface area (Å²) < 4.78 is 11.1. The van der Waals surface area contributed by atoms with Crippen LogP contribution in [0.25, 0.3) is 0 Å². The molecule has 20 heavy (non-hydrogen) atoms. The molecule has 4 heteroatoms. The van der Waals surface area contributed by atoms with Crippen LogP contribution < -0.4 is 0 Å². The zero-order valence-corrected chi connectivity index (χ0v) is 13.0. The topological polar surface area (TPSA) is 52.6 Å². The second-order valence-corrected chi connectivity index (χ2v) is 7.03. The van der Waals surface area contributed by atoms with Gasteiger partial charge in [-0.2, -0.15) is 0 Å². The molecule has 1 aliphatic carbocycles. The molecule has 0 radical (unpaired) electrons. The van der Waals surface area contributed by atoms with Gasteiger partial charge in [0.25, 0.3) is 0 Å². The minimum absolute atomic E-state index is 0.308. The molecule has 114 valence electrons. The average molecular weight is 282 g/mol. The van der Waals surface area contributed by atoms with Crippen LogP contribution in [-0.2, 0) is 19.1 Å². The molecular formula is C16H26O4. The standard InChI is InChI=1S/C16H26O4/c1-5-15(2,3)14(18)19-12-7-6-10-16(4,11-8-9-11)20-13(12)17/h11-12H,5-10H2,1-4H3. The van der Waals surface area contributed by atoms with Crippen molar-refractivity contribution in [3.63, 3.8) is 0 Å². The van der Waals surface area contributed by atoms with E-state index in [1.54, 1.807) is 0 Å². The molecule has 0 aromatic heterocycles. The zero-order valence-electron chi connectivity index (χ0n) is 13.0. The lowest BCUT2D eigenvalue weighted by atomic mass is 9.90. The third-order valence-corrected chi connectivity index (χ3v) is 4.86. The summed E-state index contributed by atoms with van der Waals surface area (Å²) in [6.07, 6.45) is 4.54. The van der Waals surface area contributed by atoms with Crippen LogP contribution in [0.5, 0.6) is 0 Å². The minimum Gasteiger partial charge on any atom is -0.456 e. The number of hydrogen-bond acceptors (Lipinski definition) is 4. The van der Waals surface area contributed by atoms with Crippen LogP contribution in [0.3, 0.4) is 0 Å². The first kappa shape index (κ1) is 15.3. The third kappa shape index (κ3) is 3.15. The second kappa shape index (κ2) is 5.38. The third-order valence-electron chi connectivity index (χ3n) is 4.86. The summed E-state index contributed by atoms with van der Waals surface area (Å²) in [7, 11) is 0. The maximum Gasteiger partial charge on any atom is 0.347 e. The first-order chi connectivity index (χ1) is 9.28. The number of esters is 2. The molecule has 0 spiro atoms. The van der Waals surface area contributed by atoms with Gasteiger partial charge in [0, 0.05) is 0 Å². The predicted octanol–water partition coefficient (Wildman–Crippen LogP) is 3.23. The van der Waals surface area contributed by atoms with Crippen LogP contribution in [-0.4, -0.2) is 23.6 Å². The molecular weight excluding hydrogens is 256 g/mol. The van der Waals surface area contributed by atoms with E-state index in [0.29, 0.717) is 18.8 Å². The molecule has 4 nitrogen and oxygen atoms in total. The normalized spacial score (nSPS) is 31.4. The smallest absolute Gasteiger partial charge is 0.347 e. The Bertz CT molecular complexity index is 397. The first-order valence-electron chi connectivity index (χ1n) is 7.72. The minimum atomic E-state index is -0.728. The van der Waals surface area contributed by atoms with Gasteiger partial charge in [-0.15, -0.1) is 0 Å². The van der Waals surface area contributed by atoms with Crippen LogP contribution in [0.4, 0.5) is 0 Å². The molecule has 0 N–H and O–H groups in total. The van der Waals surface area contributed by atoms with E-state index in [4.69, 9.17) is 9.47 Å². The number of carbonyl (C=O) groups is 2. The van der Waals surface area contributed by atoms with Crippen molar-refractivity contribution in [3.8, 4) is 0 Å². The highest BCUT2D eigenvalue weighted by Gasteiger charge is 2.47. The Labute approximate surface area is 121 Å². The highest BCUT2D eigenvalue weighted by molar-refractivity contribution is 5.82. The monoisotopic (exact) mass is 282 g/mol. The number of hydrogen-bond donors (Lipinski definition) is 0. The first-order valence-corrected chi connectivity index (χ1v) is 7.72. The highest BCUT2D eigenvalue weighted by Crippen LogP contribution is 2.46. The summed E-state index contributed by atoms with van der Waals surface area (Å²) in [6, 6.07) is 0. The molecule has 1 heterocycles. The van der Waals surface area contributed by atoms with Gasteiger partial charge in [-0.05, 0) is 65.2 Å². The van der Waals surface area contributed by atoms with Crippen LogP contribution in [0, 0.1) is 11.3 Å². The fourth-order valence-corrected chi connectivity index (χ4v) is 2.62. The van der Waals surface area contributed by atoms with Gasteiger partial charge < -0.3 is 9.47 Å². The van der Waals surface area contributed by atoms with Crippen molar-refractivity contribution in [1.82, 2.24) is 0 Å². The summed E-state index contributed by atoms with van der Waals surface area (Å²) >= 11 is 0. The fraction of sp³-hybridized carbons (Fsp3) is 0.875. The molecule has 1 aliphatic heterocycles. The van der Waals surface area contributed by atoms with Crippen molar-refractivity contribution in [1.29, 1.82) is 0 Å². The summed E-state index contributed by atoms with van der Waals surface area (Å²) in [5.41, 5.74) is -0.898. The molecule has 0 amide bonds. The molecule has 0 aromatic carbocycles. The largest absolute Gasteiger partial charge is 0.456 e. The lowest BCUT2D eigenvalue weighted by Crippen LogP contribution is -2.38. The van der Waals surface area contributed by atoms with E-state index in [-0.39, 0.29) is 17.5 Å². The van der Waals surface area contributed by atoms with Crippen LogP contribution in [0.2, 0.25) is 0 Å². The lowest BCUT2D eigenvalue weighted by molar-refractivity contribution is -0.181. The Balaban J connectivity index is 1.99. The van der Waals surface area contributed by atoms with Gasteiger partial charge in [0.2, 0.25) is 0 Å². The van der Waals surface area contributed by atoms with Crippen molar-refractivity contribution in [2.75, 3.05) is 0 Å². The van der Waals surface area contributed by atoms with Crippen LogP contribution >= 0.6 is 0 Å². The maximum absolute atomic E-state index is 12.2. The molecule has 2 unspecified atom stereocenters. The Hall–Kier alpha value is -1.06. The number of ether oxygens (including phenoxy) is 2. The van der Waals surface area contributed by atoms with Crippen molar-refractivity contribution in [3.05, 3.63) is 0 Å². The Kier molecular flexibility index (Phi) is 4.12. The molecule has 0 bridgehead atoms. The van der Waals surface area contributed by atoms with E-state index >= 15 is 0 Å². The zero-order chi connectivity index (χ0) is 15.0. The van der Waals surface area contributed by atoms with Gasteiger partial charge in [-0.25, -0.2) is 4.79 Å². The summed E-state index contributed by atoms with van der Waals surface area (Å²) in [5.74, 6) is -0.179. The summed E-state index contributed by atoms with van der Waals surface area (Å²) in [4.78, 5) is 24.3. The van der Waals surface area contributed by atoms with Crippen molar-refractivity contribution >= 4 is 11.9 Å². The molecule has 1 saturated heterocycles. The number of carbonyl (C=O) groups excluding carboxylic acids is 2. The molecule has 2 aliphatic rings. The van der Waals surface area contributed by atoms with Crippen molar-refractivity contribution in [2.45, 2.75) is 77.9 Å². The van der Waals surface area contributed by atoms with Gasteiger partial charge in [0.1, 0.15) is 5.60 Å². The predicted molar refractivity (Wildman–Crippen MR) is 75.0 cm³/mol. The quantitative estimate of drug-likeness (QED) is 0.743. The van der Waals surface area contributed by atoms with Gasteiger partial charge in [0.05, 0.1) is 5.41 Å². The lowest BCUT2D eigenvalue weighted by Gasteiger charge is -2.28. The second-order valence-electron chi connectivity index (χ2n) is 7.03. The SMILES string of the molecule is CCC(C)(C)C(=O)OC1CCCC(C)(C2CC2)OC1=O. The van der Waals surface area contributed by atoms with Crippen molar-refractivity contribution in [2.24, 2.45) is 11.3 Å². The van der Waals surface area contributed by atoms with E-state index in [0.717, 1.165) is 25.7 Å². The Morgan fingerprint density at radius 3 is 2.60 bits per heavy atom. The Morgan fingerprint density at radius 1 is 1.40 bits per heavy atom. The fourth-order valence-electron chi connectivity index (χ4n) is 2.62. The van der Waals surface area contributed by atoms with E-state index in [1.807, 2.05) is 27.7 Å². The molecule has 1 saturated carbocycles. The number of rotatable bonds is 4. The van der Waals surface area contributed by atoms with E-state index < -0.39 is 11.5 Å². The van der Waals surface area contributed by atoms with E-state index in [2.05, 4.69) is 0 Å². The van der Waals surface area contributed by atoms with Crippen LogP contribution in [0.15, 0.2) is 0 Å². The molecule has 0 aromatic rings. The van der Waals surface area contributed by atoms with Crippen molar-refractivity contribution < 1.29 is 19.1 Å². The van der Waals surface area contributed by atoms with Gasteiger partial charge in [0.15, 0.2) is 6.10 Å². The maximum atomic E-state index is 12.2.